The molecule has 1 aliphatic rings. The summed E-state index contributed by atoms with van der Waals surface area (Å²) in [5.41, 5.74) is 0.924. The van der Waals surface area contributed by atoms with Gasteiger partial charge in [0, 0.05) is 31.2 Å². The number of amides is 1. The van der Waals surface area contributed by atoms with Crippen molar-refractivity contribution >= 4 is 5.91 Å². The van der Waals surface area contributed by atoms with Crippen molar-refractivity contribution in [2.75, 3.05) is 19.6 Å². The maximum atomic E-state index is 12.2. The normalized spacial score (nSPS) is 21.2. The van der Waals surface area contributed by atoms with Gasteiger partial charge in [0.2, 0.25) is 0 Å². The van der Waals surface area contributed by atoms with E-state index >= 15 is 0 Å². The molecule has 0 aliphatic carbocycles. The molecule has 16 heavy (non-hydrogen) atoms. The van der Waals surface area contributed by atoms with Crippen molar-refractivity contribution in [1.29, 1.82) is 0 Å². The molecule has 2 heterocycles. The molecule has 1 amide bonds. The summed E-state index contributed by atoms with van der Waals surface area (Å²) in [6.45, 7) is 8.29. The first-order valence-electron chi connectivity index (χ1n) is 5.68. The van der Waals surface area contributed by atoms with Crippen LogP contribution < -0.4 is 5.32 Å². The molecule has 1 N–H and O–H groups in total. The Balaban J connectivity index is 2.21. The van der Waals surface area contributed by atoms with Crippen LogP contribution in [0.15, 0.2) is 10.5 Å². The molecule has 1 aromatic rings. The number of hydrogen-bond donors (Lipinski definition) is 1. The van der Waals surface area contributed by atoms with Crippen molar-refractivity contribution in [2.45, 2.75) is 26.8 Å². The van der Waals surface area contributed by atoms with Crippen LogP contribution >= 0.6 is 0 Å². The van der Waals surface area contributed by atoms with Gasteiger partial charge in [-0.2, -0.15) is 0 Å². The molecule has 0 radical (unpaired) electrons. The van der Waals surface area contributed by atoms with Crippen LogP contribution in [0.5, 0.6) is 0 Å². The minimum Gasteiger partial charge on any atom is -0.456 e. The molecule has 1 aliphatic heterocycles. The summed E-state index contributed by atoms with van der Waals surface area (Å²) in [7, 11) is 0. The van der Waals surface area contributed by atoms with Crippen molar-refractivity contribution in [3.63, 3.8) is 0 Å². The molecular weight excluding hydrogens is 204 g/mol. The van der Waals surface area contributed by atoms with Crippen LogP contribution in [0.2, 0.25) is 0 Å². The first kappa shape index (κ1) is 11.2. The second-order valence-electron chi connectivity index (χ2n) is 4.42. The molecule has 0 unspecified atom stereocenters. The lowest BCUT2D eigenvalue weighted by molar-refractivity contribution is 0.0620. The van der Waals surface area contributed by atoms with E-state index in [1.54, 1.807) is 0 Å². The maximum absolute atomic E-state index is 12.2. The average molecular weight is 222 g/mol. The van der Waals surface area contributed by atoms with Crippen molar-refractivity contribution in [3.05, 3.63) is 23.2 Å². The number of carbonyl (C=O) groups is 1. The van der Waals surface area contributed by atoms with E-state index in [0.29, 0.717) is 5.76 Å². The largest absolute Gasteiger partial charge is 0.456 e. The predicted molar refractivity (Wildman–Crippen MR) is 61.6 cm³/mol. The van der Waals surface area contributed by atoms with E-state index in [1.165, 1.54) is 0 Å². The monoisotopic (exact) mass is 222 g/mol. The highest BCUT2D eigenvalue weighted by molar-refractivity contribution is 5.93. The van der Waals surface area contributed by atoms with Gasteiger partial charge in [-0.1, -0.05) is 0 Å². The Hall–Kier alpha value is -1.29. The van der Waals surface area contributed by atoms with Gasteiger partial charge in [-0.15, -0.1) is 0 Å². The van der Waals surface area contributed by atoms with Crippen molar-refractivity contribution in [1.82, 2.24) is 10.2 Å². The van der Waals surface area contributed by atoms with Gasteiger partial charge in [-0.05, 0) is 26.8 Å². The molecular formula is C12H18N2O2. The van der Waals surface area contributed by atoms with Crippen LogP contribution in [0.4, 0.5) is 0 Å². The maximum Gasteiger partial charge on any atom is 0.290 e. The van der Waals surface area contributed by atoms with E-state index in [4.69, 9.17) is 4.42 Å². The third-order valence-corrected chi connectivity index (χ3v) is 3.00. The zero-order valence-electron chi connectivity index (χ0n) is 10.0. The Kier molecular flexibility index (Phi) is 3.01. The molecule has 1 fully saturated rings. The van der Waals surface area contributed by atoms with Gasteiger partial charge in [0.05, 0.1) is 0 Å². The summed E-state index contributed by atoms with van der Waals surface area (Å²) in [6.07, 6.45) is 0. The van der Waals surface area contributed by atoms with Gasteiger partial charge in [-0.25, -0.2) is 0 Å². The third-order valence-electron chi connectivity index (χ3n) is 3.00. The number of hydrogen-bond acceptors (Lipinski definition) is 3. The smallest absolute Gasteiger partial charge is 0.290 e. The fourth-order valence-corrected chi connectivity index (χ4v) is 2.13. The lowest BCUT2D eigenvalue weighted by atomic mass is 10.2. The first-order chi connectivity index (χ1) is 7.59. The van der Waals surface area contributed by atoms with Gasteiger partial charge >= 0.3 is 0 Å². The molecule has 1 saturated heterocycles. The molecule has 0 spiro atoms. The van der Waals surface area contributed by atoms with E-state index in [9.17, 15) is 4.79 Å². The van der Waals surface area contributed by atoms with Crippen LogP contribution in [0.3, 0.4) is 0 Å². The summed E-state index contributed by atoms with van der Waals surface area (Å²) in [6, 6.07) is 2.13. The molecule has 2 rings (SSSR count). The van der Waals surface area contributed by atoms with E-state index in [2.05, 4.69) is 12.2 Å². The zero-order valence-corrected chi connectivity index (χ0v) is 10.0. The van der Waals surface area contributed by atoms with Gasteiger partial charge in [-0.3, -0.25) is 4.79 Å². The Morgan fingerprint density at radius 1 is 1.56 bits per heavy atom. The number of aryl methyl sites for hydroxylation is 2. The number of furan rings is 1. The minimum atomic E-state index is 0.0135. The Bertz CT molecular complexity index is 398. The van der Waals surface area contributed by atoms with Gasteiger partial charge in [0.1, 0.15) is 5.76 Å². The number of nitrogens with one attached hydrogen (secondary N) is 1. The van der Waals surface area contributed by atoms with Crippen LogP contribution in [-0.4, -0.2) is 36.5 Å². The Morgan fingerprint density at radius 2 is 2.31 bits per heavy atom. The lowest BCUT2D eigenvalue weighted by Crippen LogP contribution is -2.52. The van der Waals surface area contributed by atoms with Crippen LogP contribution in [0.1, 0.15) is 28.8 Å². The summed E-state index contributed by atoms with van der Waals surface area (Å²) < 4.78 is 5.47. The van der Waals surface area contributed by atoms with E-state index in [0.717, 1.165) is 31.0 Å². The minimum absolute atomic E-state index is 0.0135. The van der Waals surface area contributed by atoms with Crippen molar-refractivity contribution < 1.29 is 9.21 Å². The van der Waals surface area contributed by atoms with E-state index in [1.807, 2.05) is 24.8 Å². The molecule has 1 aromatic heterocycles. The topological polar surface area (TPSA) is 45.5 Å². The van der Waals surface area contributed by atoms with Crippen molar-refractivity contribution in [2.24, 2.45) is 0 Å². The summed E-state index contributed by atoms with van der Waals surface area (Å²) in [4.78, 5) is 14.1. The van der Waals surface area contributed by atoms with Crippen LogP contribution in [-0.2, 0) is 0 Å². The second kappa shape index (κ2) is 4.29. The third kappa shape index (κ3) is 1.97. The van der Waals surface area contributed by atoms with Gasteiger partial charge in [0.15, 0.2) is 5.76 Å². The number of piperazine rings is 1. The highest BCUT2D eigenvalue weighted by atomic mass is 16.4. The fraction of sp³-hybridized carbons (Fsp3) is 0.583. The van der Waals surface area contributed by atoms with E-state index in [-0.39, 0.29) is 11.9 Å². The fourth-order valence-electron chi connectivity index (χ4n) is 2.13. The first-order valence-corrected chi connectivity index (χ1v) is 5.68. The van der Waals surface area contributed by atoms with Gasteiger partial charge < -0.3 is 14.6 Å². The van der Waals surface area contributed by atoms with Crippen LogP contribution in [0, 0.1) is 13.8 Å². The average Bonchev–Trinajstić information content (AvgIpc) is 2.58. The summed E-state index contributed by atoms with van der Waals surface area (Å²) in [5.74, 6) is 1.30. The quantitative estimate of drug-likeness (QED) is 0.779. The zero-order chi connectivity index (χ0) is 11.7. The summed E-state index contributed by atoms with van der Waals surface area (Å²) >= 11 is 0. The van der Waals surface area contributed by atoms with Crippen LogP contribution in [0.25, 0.3) is 0 Å². The number of nitrogens with zero attached hydrogens (tertiary/aromatic N) is 1. The molecule has 0 bridgehead atoms. The molecule has 1 atom stereocenters. The highest BCUT2D eigenvalue weighted by Gasteiger charge is 2.27. The molecule has 4 heteroatoms. The molecule has 0 aromatic carbocycles. The standard InChI is InChI=1S/C12H18N2O2/c1-8-6-10(3)16-11(8)12(15)14-5-4-13-7-9(14)2/h6,9,13H,4-5,7H2,1-3H3/t9-/m0/s1. The van der Waals surface area contributed by atoms with E-state index < -0.39 is 0 Å². The molecule has 4 nitrogen and oxygen atoms in total. The SMILES string of the molecule is Cc1cc(C)c(C(=O)N2CCNC[C@@H]2C)o1. The molecule has 0 saturated carbocycles. The Labute approximate surface area is 95.6 Å². The summed E-state index contributed by atoms with van der Waals surface area (Å²) in [5, 5.41) is 3.27. The second-order valence-corrected chi connectivity index (χ2v) is 4.42. The van der Waals surface area contributed by atoms with Gasteiger partial charge in [0.25, 0.3) is 5.91 Å². The lowest BCUT2D eigenvalue weighted by Gasteiger charge is -2.33. The molecule has 88 valence electrons. The number of rotatable bonds is 1. The number of carbonyl (C=O) groups excluding carboxylic acids is 1. The van der Waals surface area contributed by atoms with Crippen molar-refractivity contribution in [3.8, 4) is 0 Å². The highest BCUT2D eigenvalue weighted by Crippen LogP contribution is 2.17. The Morgan fingerprint density at radius 3 is 2.88 bits per heavy atom. The predicted octanol–water partition coefficient (Wildman–Crippen LogP) is 1.33.